The van der Waals surface area contributed by atoms with Crippen molar-refractivity contribution in [3.63, 3.8) is 0 Å². The largest absolute Gasteiger partial charge is 0.303 e. The van der Waals surface area contributed by atoms with Crippen LogP contribution in [0.25, 0.3) is 38.7 Å². The Morgan fingerprint density at radius 2 is 2.12 bits per heavy atom. The second kappa shape index (κ2) is 5.48. The van der Waals surface area contributed by atoms with E-state index in [2.05, 4.69) is 66.7 Å². The van der Waals surface area contributed by atoms with E-state index >= 15 is 0 Å². The van der Waals surface area contributed by atoms with E-state index in [9.17, 15) is 0 Å². The summed E-state index contributed by atoms with van der Waals surface area (Å²) in [6.45, 7) is 6.65. The van der Waals surface area contributed by atoms with Gasteiger partial charge < -0.3 is 4.57 Å². The van der Waals surface area contributed by atoms with Gasteiger partial charge in [-0.3, -0.25) is 0 Å². The number of aromatic nitrogens is 4. The monoisotopic (exact) mass is 361 g/mol. The van der Waals surface area contributed by atoms with Crippen molar-refractivity contribution in [2.75, 3.05) is 0 Å². The molecule has 0 radical (unpaired) electrons. The first kappa shape index (κ1) is 15.7. The maximum absolute atomic E-state index is 4.84. The van der Waals surface area contributed by atoms with Crippen molar-refractivity contribution in [1.29, 1.82) is 0 Å². The summed E-state index contributed by atoms with van der Waals surface area (Å²) in [6, 6.07) is 4.51. The molecule has 4 aromatic rings. The molecule has 1 aliphatic heterocycles. The van der Waals surface area contributed by atoms with Crippen molar-refractivity contribution in [3.05, 3.63) is 46.9 Å². The molecule has 0 aliphatic carbocycles. The summed E-state index contributed by atoms with van der Waals surface area (Å²) in [6.07, 6.45) is 7.15. The summed E-state index contributed by atoms with van der Waals surface area (Å²) in [5.41, 5.74) is 8.46. The van der Waals surface area contributed by atoms with Crippen LogP contribution >= 0.6 is 11.3 Å². The highest BCUT2D eigenvalue weighted by Gasteiger charge is 2.23. The number of hydrogen-bond acceptors (Lipinski definition) is 3. The molecule has 26 heavy (non-hydrogen) atoms. The molecule has 0 atom stereocenters. The van der Waals surface area contributed by atoms with E-state index in [1.54, 1.807) is 11.3 Å². The van der Waals surface area contributed by atoms with Crippen molar-refractivity contribution in [3.8, 4) is 11.3 Å². The summed E-state index contributed by atoms with van der Waals surface area (Å²) in [5.74, 6) is 1.60. The Morgan fingerprint density at radius 3 is 2.92 bits per heavy atom. The van der Waals surface area contributed by atoms with Gasteiger partial charge in [0.05, 0.1) is 18.1 Å². The first-order valence-corrected chi connectivity index (χ1v) is 9.86. The number of benzene rings is 1. The van der Waals surface area contributed by atoms with Crippen molar-refractivity contribution < 1.29 is 4.57 Å². The molecule has 0 fully saturated rings. The number of rotatable bonds is 2. The average Bonchev–Trinajstić information content (AvgIpc) is 3.28. The number of imidazole rings is 1. The number of thiophene rings is 1. The topological polar surface area (TPSA) is 34.6 Å². The summed E-state index contributed by atoms with van der Waals surface area (Å²) >= 11 is 1.80. The highest BCUT2D eigenvalue weighted by molar-refractivity contribution is 7.17. The van der Waals surface area contributed by atoms with Crippen LogP contribution in [0.15, 0.2) is 29.9 Å². The Morgan fingerprint density at radius 1 is 1.27 bits per heavy atom. The Balaban J connectivity index is 1.81. The molecule has 4 nitrogen and oxygen atoms in total. The van der Waals surface area contributed by atoms with Crippen LogP contribution in [-0.4, -0.2) is 14.5 Å². The van der Waals surface area contributed by atoms with Crippen LogP contribution in [0, 0.1) is 6.92 Å². The van der Waals surface area contributed by atoms with E-state index in [-0.39, 0.29) is 0 Å². The van der Waals surface area contributed by atoms with E-state index < -0.39 is 0 Å². The van der Waals surface area contributed by atoms with Crippen LogP contribution in [0.4, 0.5) is 0 Å². The molecule has 0 amide bonds. The lowest BCUT2D eigenvalue weighted by molar-refractivity contribution is -0.662. The van der Waals surface area contributed by atoms with Gasteiger partial charge in [0.1, 0.15) is 10.5 Å². The predicted molar refractivity (Wildman–Crippen MR) is 107 cm³/mol. The van der Waals surface area contributed by atoms with E-state index in [4.69, 9.17) is 9.97 Å². The fourth-order valence-corrected chi connectivity index (χ4v) is 5.15. The molecule has 0 unspecified atom stereocenters. The fourth-order valence-electron chi connectivity index (χ4n) is 3.88. The van der Waals surface area contributed by atoms with Gasteiger partial charge in [-0.25, -0.2) is 9.55 Å². The molecule has 0 spiro atoms. The Bertz CT molecular complexity index is 1210. The molecule has 0 saturated carbocycles. The number of fused-ring (bicyclic) bond motifs is 4. The summed E-state index contributed by atoms with van der Waals surface area (Å²) in [5, 5.41) is 2.26. The third-order valence-electron chi connectivity index (χ3n) is 5.26. The van der Waals surface area contributed by atoms with Gasteiger partial charge in [0.2, 0.25) is 5.52 Å². The van der Waals surface area contributed by atoms with Crippen LogP contribution in [0.1, 0.15) is 36.7 Å². The van der Waals surface area contributed by atoms with Gasteiger partial charge in [0, 0.05) is 23.7 Å². The van der Waals surface area contributed by atoms with Gasteiger partial charge in [-0.05, 0) is 40.9 Å². The van der Waals surface area contributed by atoms with E-state index in [1.165, 1.54) is 32.6 Å². The maximum atomic E-state index is 4.84. The maximum Gasteiger partial charge on any atom is 0.287 e. The van der Waals surface area contributed by atoms with Crippen LogP contribution in [0.3, 0.4) is 0 Å². The standard InChI is InChI=1S/C21H21N4S/c1-12(2)15-10-26-21-19(15)22-11-24(4)20(21)14-9-16-17(8-13(14)3)25-7-5-6-18(25)23-16/h5,7-12H,6H2,1-4H3/q+1. The smallest absolute Gasteiger partial charge is 0.287 e. The van der Waals surface area contributed by atoms with E-state index in [1.807, 2.05) is 6.33 Å². The zero-order valence-electron chi connectivity index (χ0n) is 15.4. The zero-order chi connectivity index (χ0) is 18.0. The van der Waals surface area contributed by atoms with Crippen molar-refractivity contribution in [2.45, 2.75) is 33.1 Å². The molecule has 0 N–H and O–H groups in total. The van der Waals surface area contributed by atoms with Gasteiger partial charge in [-0.1, -0.05) is 19.9 Å². The van der Waals surface area contributed by atoms with Gasteiger partial charge in [0.25, 0.3) is 6.33 Å². The fraction of sp³-hybridized carbons (Fsp3) is 0.286. The van der Waals surface area contributed by atoms with E-state index in [0.717, 1.165) is 23.3 Å². The lowest BCUT2D eigenvalue weighted by Crippen LogP contribution is -2.31. The van der Waals surface area contributed by atoms with Gasteiger partial charge >= 0.3 is 0 Å². The van der Waals surface area contributed by atoms with Gasteiger partial charge in [-0.15, -0.1) is 11.3 Å². The second-order valence-electron chi connectivity index (χ2n) is 7.37. The first-order chi connectivity index (χ1) is 12.5. The Kier molecular flexibility index (Phi) is 3.31. The van der Waals surface area contributed by atoms with Crippen LogP contribution in [0.5, 0.6) is 0 Å². The molecule has 3 aromatic heterocycles. The predicted octanol–water partition coefficient (Wildman–Crippen LogP) is 4.60. The lowest BCUT2D eigenvalue weighted by Gasteiger charge is -2.08. The average molecular weight is 361 g/mol. The summed E-state index contributed by atoms with van der Waals surface area (Å²) in [7, 11) is 2.08. The summed E-state index contributed by atoms with van der Waals surface area (Å²) < 4.78 is 5.60. The number of nitrogens with zero attached hydrogens (tertiary/aromatic N) is 4. The molecule has 1 aromatic carbocycles. The summed E-state index contributed by atoms with van der Waals surface area (Å²) in [4.78, 5) is 9.57. The molecule has 4 heterocycles. The SMILES string of the molecule is Cc1cc2c(cc1-c1c3scc(C(C)C)c3nc[n+]1C)nc1n2C=CC1. The van der Waals surface area contributed by atoms with Gasteiger partial charge in [0.15, 0.2) is 5.69 Å². The number of aryl methyl sites for hydroxylation is 2. The second-order valence-corrected chi connectivity index (χ2v) is 8.25. The highest BCUT2D eigenvalue weighted by Crippen LogP contribution is 2.37. The molecular formula is C21H21N4S+. The van der Waals surface area contributed by atoms with Crippen LogP contribution in [0.2, 0.25) is 0 Å². The molecule has 130 valence electrons. The first-order valence-electron chi connectivity index (χ1n) is 8.99. The van der Waals surface area contributed by atoms with Crippen LogP contribution in [-0.2, 0) is 13.5 Å². The van der Waals surface area contributed by atoms with Crippen molar-refractivity contribution in [2.24, 2.45) is 7.05 Å². The molecule has 5 rings (SSSR count). The minimum atomic E-state index is 0.475. The normalized spacial score (nSPS) is 13.4. The minimum Gasteiger partial charge on any atom is -0.303 e. The Labute approximate surface area is 156 Å². The highest BCUT2D eigenvalue weighted by atomic mass is 32.1. The quantitative estimate of drug-likeness (QED) is 0.489. The zero-order valence-corrected chi connectivity index (χ0v) is 16.3. The van der Waals surface area contributed by atoms with Crippen molar-refractivity contribution in [1.82, 2.24) is 14.5 Å². The Hall–Kier alpha value is -2.53. The molecule has 0 saturated heterocycles. The van der Waals surface area contributed by atoms with Crippen LogP contribution < -0.4 is 4.57 Å². The molecule has 1 aliphatic rings. The van der Waals surface area contributed by atoms with Gasteiger partial charge in [-0.2, -0.15) is 0 Å². The minimum absolute atomic E-state index is 0.475. The number of hydrogen-bond donors (Lipinski definition) is 0. The van der Waals surface area contributed by atoms with E-state index in [0.29, 0.717) is 5.92 Å². The molecule has 0 bridgehead atoms. The number of allylic oxidation sites excluding steroid dienone is 1. The van der Waals surface area contributed by atoms with Crippen molar-refractivity contribution >= 4 is 38.8 Å². The third-order valence-corrected chi connectivity index (χ3v) is 6.25. The third kappa shape index (κ3) is 2.10. The molecule has 5 heteroatoms. The lowest BCUT2D eigenvalue weighted by atomic mass is 10.0. The molecular weight excluding hydrogens is 340 g/mol.